The molecule has 0 spiro atoms. The van der Waals surface area contributed by atoms with Crippen LogP contribution in [0.3, 0.4) is 0 Å². The lowest BCUT2D eigenvalue weighted by molar-refractivity contribution is 0.461. The van der Waals surface area contributed by atoms with E-state index in [1.807, 2.05) is 0 Å². The second-order valence-corrected chi connectivity index (χ2v) is 5.95. The molecule has 96 valence electrons. The average molecular weight is 249 g/mol. The van der Waals surface area contributed by atoms with Gasteiger partial charge in [-0.1, -0.05) is 25.7 Å². The Morgan fingerprint density at radius 3 is 2.25 bits per heavy atom. The van der Waals surface area contributed by atoms with E-state index in [9.17, 15) is 8.42 Å². The summed E-state index contributed by atoms with van der Waals surface area (Å²) in [6, 6.07) is 0.571. The summed E-state index contributed by atoms with van der Waals surface area (Å²) in [7, 11) is -1.87. The standard InChI is InChI=1S/C10H23N3O2S/c1-11-16(14,15)13-9-8-12-10-6-4-2-3-5-7-10/h10-13H,2-9H2,1H3. The zero-order valence-electron chi connectivity index (χ0n) is 9.96. The van der Waals surface area contributed by atoms with Crippen molar-refractivity contribution in [2.45, 2.75) is 44.6 Å². The largest absolute Gasteiger partial charge is 0.313 e. The summed E-state index contributed by atoms with van der Waals surface area (Å²) in [5.41, 5.74) is 0. The number of rotatable bonds is 6. The van der Waals surface area contributed by atoms with Gasteiger partial charge in [0.2, 0.25) is 0 Å². The van der Waals surface area contributed by atoms with Gasteiger partial charge in [-0.3, -0.25) is 0 Å². The van der Waals surface area contributed by atoms with E-state index < -0.39 is 10.2 Å². The van der Waals surface area contributed by atoms with E-state index >= 15 is 0 Å². The summed E-state index contributed by atoms with van der Waals surface area (Å²) < 4.78 is 26.8. The fraction of sp³-hybridized carbons (Fsp3) is 1.00. The van der Waals surface area contributed by atoms with E-state index in [0.29, 0.717) is 19.1 Å². The maximum absolute atomic E-state index is 11.1. The molecule has 0 bridgehead atoms. The quantitative estimate of drug-likeness (QED) is 0.470. The Hall–Kier alpha value is -0.170. The molecule has 0 aromatic rings. The fourth-order valence-corrected chi connectivity index (χ4v) is 2.53. The summed E-state index contributed by atoms with van der Waals surface area (Å²) in [6.45, 7) is 1.14. The molecule has 6 heteroatoms. The smallest absolute Gasteiger partial charge is 0.276 e. The lowest BCUT2D eigenvalue weighted by Gasteiger charge is -2.16. The highest BCUT2D eigenvalue weighted by Crippen LogP contribution is 2.16. The summed E-state index contributed by atoms with van der Waals surface area (Å²) in [5, 5.41) is 3.40. The lowest BCUT2D eigenvalue weighted by Crippen LogP contribution is -2.40. The van der Waals surface area contributed by atoms with Gasteiger partial charge in [-0.25, -0.2) is 9.44 Å². The van der Waals surface area contributed by atoms with Crippen LogP contribution in [0.1, 0.15) is 38.5 Å². The minimum absolute atomic E-state index is 0.444. The van der Waals surface area contributed by atoms with Crippen LogP contribution < -0.4 is 14.8 Å². The zero-order chi connectivity index (χ0) is 11.9. The van der Waals surface area contributed by atoms with Gasteiger partial charge in [0.25, 0.3) is 10.2 Å². The molecule has 1 saturated carbocycles. The molecule has 0 radical (unpaired) electrons. The summed E-state index contributed by atoms with van der Waals surface area (Å²) in [6.07, 6.45) is 7.70. The summed E-state index contributed by atoms with van der Waals surface area (Å²) >= 11 is 0. The molecular weight excluding hydrogens is 226 g/mol. The topological polar surface area (TPSA) is 70.2 Å². The average Bonchev–Trinajstić information content (AvgIpc) is 2.53. The molecule has 1 fully saturated rings. The molecule has 0 heterocycles. The van der Waals surface area contributed by atoms with Gasteiger partial charge < -0.3 is 5.32 Å². The molecule has 0 unspecified atom stereocenters. The van der Waals surface area contributed by atoms with E-state index in [0.717, 1.165) is 0 Å². The van der Waals surface area contributed by atoms with Crippen LogP contribution in [0, 0.1) is 0 Å². The van der Waals surface area contributed by atoms with Gasteiger partial charge in [-0.15, -0.1) is 0 Å². The van der Waals surface area contributed by atoms with Crippen LogP contribution in [0.25, 0.3) is 0 Å². The highest BCUT2D eigenvalue weighted by molar-refractivity contribution is 7.87. The monoisotopic (exact) mass is 249 g/mol. The molecule has 0 aliphatic heterocycles. The van der Waals surface area contributed by atoms with Gasteiger partial charge in [0.1, 0.15) is 0 Å². The number of hydrogen-bond acceptors (Lipinski definition) is 3. The van der Waals surface area contributed by atoms with Crippen molar-refractivity contribution < 1.29 is 8.42 Å². The molecule has 3 N–H and O–H groups in total. The van der Waals surface area contributed by atoms with Gasteiger partial charge in [0, 0.05) is 26.2 Å². The molecule has 0 aromatic heterocycles. The first-order valence-corrected chi connectivity index (χ1v) is 7.54. The second-order valence-electron chi connectivity index (χ2n) is 4.24. The molecule has 5 nitrogen and oxygen atoms in total. The molecule has 0 aromatic carbocycles. The fourth-order valence-electron chi connectivity index (χ4n) is 2.02. The third kappa shape index (κ3) is 5.79. The van der Waals surface area contributed by atoms with E-state index in [-0.39, 0.29) is 0 Å². The van der Waals surface area contributed by atoms with Crippen molar-refractivity contribution in [2.75, 3.05) is 20.1 Å². The van der Waals surface area contributed by atoms with E-state index in [2.05, 4.69) is 14.8 Å². The minimum Gasteiger partial charge on any atom is -0.313 e. The predicted octanol–water partition coefficient (Wildman–Crippen LogP) is 0.353. The SMILES string of the molecule is CNS(=O)(=O)NCCNC1CCCCCC1. The van der Waals surface area contributed by atoms with Gasteiger partial charge in [0.05, 0.1) is 0 Å². The van der Waals surface area contributed by atoms with Gasteiger partial charge in [-0.2, -0.15) is 8.42 Å². The minimum atomic E-state index is -3.27. The Kier molecular flexibility index (Phi) is 6.26. The molecule has 0 amide bonds. The first-order chi connectivity index (χ1) is 7.64. The van der Waals surface area contributed by atoms with Gasteiger partial charge in [-0.05, 0) is 12.8 Å². The van der Waals surface area contributed by atoms with Crippen molar-refractivity contribution in [1.29, 1.82) is 0 Å². The van der Waals surface area contributed by atoms with Crippen molar-refractivity contribution in [1.82, 2.24) is 14.8 Å². The van der Waals surface area contributed by atoms with Gasteiger partial charge >= 0.3 is 0 Å². The van der Waals surface area contributed by atoms with Crippen molar-refractivity contribution in [3.63, 3.8) is 0 Å². The van der Waals surface area contributed by atoms with Crippen LogP contribution in [0.2, 0.25) is 0 Å². The molecule has 16 heavy (non-hydrogen) atoms. The third-order valence-corrected chi connectivity index (χ3v) is 4.10. The van der Waals surface area contributed by atoms with E-state index in [1.165, 1.54) is 45.6 Å². The number of hydrogen-bond donors (Lipinski definition) is 3. The third-order valence-electron chi connectivity index (χ3n) is 2.97. The van der Waals surface area contributed by atoms with Crippen LogP contribution in [-0.2, 0) is 10.2 Å². The maximum Gasteiger partial charge on any atom is 0.276 e. The van der Waals surface area contributed by atoms with E-state index in [4.69, 9.17) is 0 Å². The van der Waals surface area contributed by atoms with Gasteiger partial charge in [0.15, 0.2) is 0 Å². The molecule has 1 aliphatic rings. The Bertz CT molecular complexity index is 272. The normalized spacial score (nSPS) is 19.6. The molecule has 0 saturated heterocycles. The first kappa shape index (κ1) is 13.9. The summed E-state index contributed by atoms with van der Waals surface area (Å²) in [5.74, 6) is 0. The highest BCUT2D eigenvalue weighted by Gasteiger charge is 2.11. The predicted molar refractivity (Wildman–Crippen MR) is 65.5 cm³/mol. The van der Waals surface area contributed by atoms with Crippen LogP contribution in [0.5, 0.6) is 0 Å². The maximum atomic E-state index is 11.1. The van der Waals surface area contributed by atoms with Crippen molar-refractivity contribution in [3.8, 4) is 0 Å². The Morgan fingerprint density at radius 2 is 1.69 bits per heavy atom. The van der Waals surface area contributed by atoms with Crippen LogP contribution in [0.15, 0.2) is 0 Å². The molecule has 0 atom stereocenters. The second kappa shape index (κ2) is 7.21. The zero-order valence-corrected chi connectivity index (χ0v) is 10.8. The molecule has 1 rings (SSSR count). The Balaban J connectivity index is 2.10. The highest BCUT2D eigenvalue weighted by atomic mass is 32.2. The van der Waals surface area contributed by atoms with Crippen LogP contribution in [-0.4, -0.2) is 34.6 Å². The molecular formula is C10H23N3O2S. The van der Waals surface area contributed by atoms with Crippen LogP contribution in [0.4, 0.5) is 0 Å². The van der Waals surface area contributed by atoms with Crippen molar-refractivity contribution >= 4 is 10.2 Å². The van der Waals surface area contributed by atoms with Crippen molar-refractivity contribution in [2.24, 2.45) is 0 Å². The van der Waals surface area contributed by atoms with Crippen LogP contribution >= 0.6 is 0 Å². The molecule has 1 aliphatic carbocycles. The van der Waals surface area contributed by atoms with E-state index in [1.54, 1.807) is 0 Å². The first-order valence-electron chi connectivity index (χ1n) is 6.05. The Morgan fingerprint density at radius 1 is 1.06 bits per heavy atom. The summed E-state index contributed by atoms with van der Waals surface area (Å²) in [4.78, 5) is 0. The van der Waals surface area contributed by atoms with Crippen molar-refractivity contribution in [3.05, 3.63) is 0 Å². The lowest BCUT2D eigenvalue weighted by atomic mass is 10.1. The Labute approximate surface area is 98.6 Å². The number of nitrogens with one attached hydrogen (secondary N) is 3.